The van der Waals surface area contributed by atoms with E-state index in [9.17, 15) is 0 Å². The third-order valence-corrected chi connectivity index (χ3v) is 4.35. The van der Waals surface area contributed by atoms with Gasteiger partial charge in [0.2, 0.25) is 0 Å². The summed E-state index contributed by atoms with van der Waals surface area (Å²) in [5.74, 6) is 0. The first-order valence-electron chi connectivity index (χ1n) is 6.22. The minimum atomic E-state index is 0.749. The molecule has 18 heavy (non-hydrogen) atoms. The van der Waals surface area contributed by atoms with Crippen molar-refractivity contribution in [3.8, 4) is 0 Å². The van der Waals surface area contributed by atoms with Gasteiger partial charge >= 0.3 is 0 Å². The number of rotatable bonds is 2. The Balaban J connectivity index is 1.88. The van der Waals surface area contributed by atoms with Crippen molar-refractivity contribution >= 4 is 27.5 Å². The first kappa shape index (κ1) is 12.2. The van der Waals surface area contributed by atoms with Crippen molar-refractivity contribution < 1.29 is 0 Å². The Morgan fingerprint density at radius 3 is 2.61 bits per heavy atom. The van der Waals surface area contributed by atoms with Gasteiger partial charge in [-0.25, -0.2) is 4.68 Å². The lowest BCUT2D eigenvalue weighted by atomic mass is 9.99. The highest BCUT2D eigenvalue weighted by atomic mass is 79.9. The molecule has 0 fully saturated rings. The van der Waals surface area contributed by atoms with Gasteiger partial charge in [-0.3, -0.25) is 0 Å². The van der Waals surface area contributed by atoms with Crippen LogP contribution in [0.2, 0.25) is 5.15 Å². The Labute approximate surface area is 120 Å². The predicted molar refractivity (Wildman–Crippen MR) is 77.1 cm³/mol. The number of aromatic nitrogens is 2. The van der Waals surface area contributed by atoms with Crippen LogP contribution in [-0.4, -0.2) is 9.78 Å². The van der Waals surface area contributed by atoms with Crippen LogP contribution in [0.4, 0.5) is 0 Å². The summed E-state index contributed by atoms with van der Waals surface area (Å²) in [6.07, 6.45) is 4.62. The van der Waals surface area contributed by atoms with Gasteiger partial charge in [-0.1, -0.05) is 39.7 Å². The fourth-order valence-corrected chi connectivity index (χ4v) is 3.00. The van der Waals surface area contributed by atoms with E-state index in [0.717, 1.165) is 29.0 Å². The van der Waals surface area contributed by atoms with Gasteiger partial charge in [0, 0.05) is 10.0 Å². The summed E-state index contributed by atoms with van der Waals surface area (Å²) in [6, 6.07) is 8.29. The SMILES string of the molecule is Clc1c2c(nn1Cc1ccc(Br)cc1)CCCC2. The number of nitrogens with zero attached hydrogens (tertiary/aromatic N) is 2. The lowest BCUT2D eigenvalue weighted by Crippen LogP contribution is -2.02. The van der Waals surface area contributed by atoms with Gasteiger partial charge in [-0.05, 0) is 43.4 Å². The summed E-state index contributed by atoms with van der Waals surface area (Å²) in [6.45, 7) is 0.749. The number of fused-ring (bicyclic) bond motifs is 1. The zero-order valence-corrected chi connectivity index (χ0v) is 12.3. The molecule has 0 N–H and O–H groups in total. The second-order valence-corrected chi connectivity index (χ2v) is 5.98. The quantitative estimate of drug-likeness (QED) is 0.808. The molecule has 0 aliphatic heterocycles. The van der Waals surface area contributed by atoms with Gasteiger partial charge in [-0.15, -0.1) is 0 Å². The van der Waals surface area contributed by atoms with Crippen LogP contribution in [0, 0.1) is 0 Å². The van der Waals surface area contributed by atoms with Crippen molar-refractivity contribution in [2.24, 2.45) is 0 Å². The van der Waals surface area contributed by atoms with Gasteiger partial charge in [0.1, 0.15) is 5.15 Å². The Hall–Kier alpha value is -0.800. The van der Waals surface area contributed by atoms with Crippen molar-refractivity contribution in [1.82, 2.24) is 9.78 Å². The highest BCUT2D eigenvalue weighted by molar-refractivity contribution is 9.10. The van der Waals surface area contributed by atoms with E-state index < -0.39 is 0 Å². The van der Waals surface area contributed by atoms with Crippen LogP contribution in [0.3, 0.4) is 0 Å². The zero-order valence-electron chi connectivity index (χ0n) is 10.00. The normalized spacial score (nSPS) is 14.6. The van der Waals surface area contributed by atoms with Crippen molar-refractivity contribution in [3.63, 3.8) is 0 Å². The number of benzene rings is 1. The van der Waals surface area contributed by atoms with Crippen LogP contribution in [0.1, 0.15) is 29.7 Å². The van der Waals surface area contributed by atoms with E-state index in [0.29, 0.717) is 0 Å². The molecule has 0 radical (unpaired) electrons. The van der Waals surface area contributed by atoms with E-state index in [4.69, 9.17) is 11.6 Å². The molecule has 0 spiro atoms. The molecule has 0 saturated carbocycles. The minimum Gasteiger partial charge on any atom is -0.249 e. The molecule has 4 heteroatoms. The largest absolute Gasteiger partial charge is 0.249 e. The third-order valence-electron chi connectivity index (χ3n) is 3.40. The molecule has 1 aromatic heterocycles. The molecule has 0 amide bonds. The molecule has 0 bridgehead atoms. The molecule has 1 aliphatic carbocycles. The first-order chi connectivity index (χ1) is 8.74. The highest BCUT2D eigenvalue weighted by Gasteiger charge is 2.19. The van der Waals surface area contributed by atoms with E-state index in [1.165, 1.54) is 29.7 Å². The third kappa shape index (κ3) is 2.34. The lowest BCUT2D eigenvalue weighted by molar-refractivity contribution is 0.646. The second-order valence-electron chi connectivity index (χ2n) is 4.71. The maximum atomic E-state index is 6.41. The molecular formula is C14H14BrClN2. The molecule has 1 aromatic carbocycles. The standard InChI is InChI=1S/C14H14BrClN2/c15-11-7-5-10(6-8-11)9-18-14(16)12-3-1-2-4-13(12)17-18/h5-8H,1-4,9H2. The summed E-state index contributed by atoms with van der Waals surface area (Å²) in [4.78, 5) is 0. The number of hydrogen-bond acceptors (Lipinski definition) is 1. The van der Waals surface area contributed by atoms with Crippen LogP contribution in [-0.2, 0) is 19.4 Å². The van der Waals surface area contributed by atoms with Crippen LogP contribution < -0.4 is 0 Å². The summed E-state index contributed by atoms with van der Waals surface area (Å²) >= 11 is 9.86. The van der Waals surface area contributed by atoms with Crippen LogP contribution >= 0.6 is 27.5 Å². The Bertz CT molecular complexity index is 560. The Kier molecular flexibility index (Phi) is 3.44. The molecule has 94 valence electrons. The van der Waals surface area contributed by atoms with Crippen molar-refractivity contribution in [2.45, 2.75) is 32.2 Å². The van der Waals surface area contributed by atoms with E-state index in [-0.39, 0.29) is 0 Å². The topological polar surface area (TPSA) is 17.8 Å². The van der Waals surface area contributed by atoms with E-state index >= 15 is 0 Å². The van der Waals surface area contributed by atoms with Crippen LogP contribution in [0.15, 0.2) is 28.7 Å². The molecule has 0 saturated heterocycles. The highest BCUT2D eigenvalue weighted by Crippen LogP contribution is 2.28. The first-order valence-corrected chi connectivity index (χ1v) is 7.39. The smallest absolute Gasteiger partial charge is 0.130 e. The Morgan fingerprint density at radius 2 is 1.89 bits per heavy atom. The summed E-state index contributed by atoms with van der Waals surface area (Å²) in [5.41, 5.74) is 3.68. The molecule has 3 rings (SSSR count). The average Bonchev–Trinajstić information content (AvgIpc) is 2.70. The molecule has 2 nitrogen and oxygen atoms in total. The molecule has 1 heterocycles. The number of hydrogen-bond donors (Lipinski definition) is 0. The van der Waals surface area contributed by atoms with Gasteiger partial charge in [0.05, 0.1) is 12.2 Å². The zero-order chi connectivity index (χ0) is 12.5. The van der Waals surface area contributed by atoms with Gasteiger partial charge in [-0.2, -0.15) is 5.10 Å². The van der Waals surface area contributed by atoms with Gasteiger partial charge in [0.25, 0.3) is 0 Å². The molecule has 0 atom stereocenters. The van der Waals surface area contributed by atoms with E-state index in [2.05, 4.69) is 33.2 Å². The van der Waals surface area contributed by atoms with Gasteiger partial charge in [0.15, 0.2) is 0 Å². The molecule has 1 aliphatic rings. The number of aryl methyl sites for hydroxylation is 1. The van der Waals surface area contributed by atoms with Gasteiger partial charge < -0.3 is 0 Å². The lowest BCUT2D eigenvalue weighted by Gasteiger charge is -2.08. The van der Waals surface area contributed by atoms with Crippen LogP contribution in [0.5, 0.6) is 0 Å². The summed E-state index contributed by atoms with van der Waals surface area (Å²) in [7, 11) is 0. The van der Waals surface area contributed by atoms with E-state index in [1.54, 1.807) is 0 Å². The van der Waals surface area contributed by atoms with Crippen molar-refractivity contribution in [1.29, 1.82) is 0 Å². The molecule has 2 aromatic rings. The molecule has 0 unspecified atom stereocenters. The summed E-state index contributed by atoms with van der Waals surface area (Å²) < 4.78 is 3.03. The minimum absolute atomic E-state index is 0.749. The van der Waals surface area contributed by atoms with Crippen molar-refractivity contribution in [2.75, 3.05) is 0 Å². The number of halogens is 2. The Morgan fingerprint density at radius 1 is 1.17 bits per heavy atom. The van der Waals surface area contributed by atoms with E-state index in [1.807, 2.05) is 16.8 Å². The maximum Gasteiger partial charge on any atom is 0.130 e. The summed E-state index contributed by atoms with van der Waals surface area (Å²) in [5, 5.41) is 5.47. The monoisotopic (exact) mass is 324 g/mol. The fraction of sp³-hybridized carbons (Fsp3) is 0.357. The second kappa shape index (κ2) is 5.06. The average molecular weight is 326 g/mol. The molecular weight excluding hydrogens is 312 g/mol. The predicted octanol–water partition coefficient (Wildman–Crippen LogP) is 4.23. The fourth-order valence-electron chi connectivity index (χ4n) is 2.43. The van der Waals surface area contributed by atoms with Crippen molar-refractivity contribution in [3.05, 3.63) is 50.7 Å². The van der Waals surface area contributed by atoms with Crippen LogP contribution in [0.25, 0.3) is 0 Å². The maximum absolute atomic E-state index is 6.41.